The number of ketones is 1. The molecule has 1 atom stereocenters. The van der Waals surface area contributed by atoms with Crippen molar-refractivity contribution < 1.29 is 4.79 Å². The molecule has 0 unspecified atom stereocenters. The highest BCUT2D eigenvalue weighted by Gasteiger charge is 2.16. The van der Waals surface area contributed by atoms with Crippen LogP contribution in [0.5, 0.6) is 0 Å². The number of allylic oxidation sites excluding steroid dienone is 2. The van der Waals surface area contributed by atoms with Crippen LogP contribution in [0.3, 0.4) is 0 Å². The molecule has 0 amide bonds. The van der Waals surface area contributed by atoms with E-state index in [4.69, 9.17) is 0 Å². The summed E-state index contributed by atoms with van der Waals surface area (Å²) in [6, 6.07) is 0. The van der Waals surface area contributed by atoms with Crippen molar-refractivity contribution >= 4 is 5.78 Å². The minimum atomic E-state index is 0.443. The third-order valence-electron chi connectivity index (χ3n) is 2.09. The van der Waals surface area contributed by atoms with E-state index in [0.29, 0.717) is 11.7 Å². The molecule has 11 heavy (non-hydrogen) atoms. The highest BCUT2D eigenvalue weighted by atomic mass is 16.1. The number of carbonyl (C=O) groups excluding carboxylic acids is 1. The van der Waals surface area contributed by atoms with Gasteiger partial charge in [-0.05, 0) is 32.6 Å². The van der Waals surface area contributed by atoms with Gasteiger partial charge in [0, 0.05) is 12.8 Å². The molecule has 0 aromatic carbocycles. The molecular formula is C10H16O. The maximum absolute atomic E-state index is 11.0. The summed E-state index contributed by atoms with van der Waals surface area (Å²) in [7, 11) is 0. The Morgan fingerprint density at radius 2 is 2.27 bits per heavy atom. The standard InChI is InChI=1S/C10H16O/c1-8(2)6-9-4-3-5-10(11)7-9/h6,9H,3-5,7H2,1-2H3/t9-/m1/s1. The minimum Gasteiger partial charge on any atom is -0.300 e. The van der Waals surface area contributed by atoms with Gasteiger partial charge >= 0.3 is 0 Å². The van der Waals surface area contributed by atoms with Gasteiger partial charge in [-0.25, -0.2) is 0 Å². The van der Waals surface area contributed by atoms with E-state index in [0.717, 1.165) is 19.3 Å². The number of hydrogen-bond acceptors (Lipinski definition) is 1. The molecule has 1 heteroatoms. The van der Waals surface area contributed by atoms with Crippen molar-refractivity contribution in [1.29, 1.82) is 0 Å². The lowest BCUT2D eigenvalue weighted by atomic mass is 9.87. The number of Topliss-reactive ketones (excluding diaryl/α,β-unsaturated/α-hetero) is 1. The van der Waals surface area contributed by atoms with Gasteiger partial charge in [-0.1, -0.05) is 11.6 Å². The van der Waals surface area contributed by atoms with E-state index >= 15 is 0 Å². The monoisotopic (exact) mass is 152 g/mol. The molecule has 1 aliphatic carbocycles. The molecule has 62 valence electrons. The van der Waals surface area contributed by atoms with Crippen molar-refractivity contribution in [3.8, 4) is 0 Å². The molecule has 1 saturated carbocycles. The SMILES string of the molecule is CC(C)=C[C@H]1CCCC(=O)C1. The first-order chi connectivity index (χ1) is 5.18. The third kappa shape index (κ3) is 2.87. The second-order valence-electron chi connectivity index (χ2n) is 3.64. The van der Waals surface area contributed by atoms with E-state index in [1.165, 1.54) is 12.0 Å². The summed E-state index contributed by atoms with van der Waals surface area (Å²) < 4.78 is 0. The van der Waals surface area contributed by atoms with Crippen LogP contribution < -0.4 is 0 Å². The molecule has 0 aromatic heterocycles. The lowest BCUT2D eigenvalue weighted by Crippen LogP contribution is -2.13. The summed E-state index contributed by atoms with van der Waals surface area (Å²) in [4.78, 5) is 11.0. The van der Waals surface area contributed by atoms with Crippen LogP contribution in [0.1, 0.15) is 39.5 Å². The third-order valence-corrected chi connectivity index (χ3v) is 2.09. The van der Waals surface area contributed by atoms with Gasteiger partial charge in [0.2, 0.25) is 0 Å². The molecule has 0 aromatic rings. The van der Waals surface area contributed by atoms with Gasteiger partial charge in [0.15, 0.2) is 0 Å². The molecule has 1 aliphatic rings. The maximum atomic E-state index is 11.0. The van der Waals surface area contributed by atoms with Crippen molar-refractivity contribution in [3.63, 3.8) is 0 Å². The van der Waals surface area contributed by atoms with Crippen LogP contribution in [-0.2, 0) is 4.79 Å². The zero-order valence-electron chi connectivity index (χ0n) is 7.39. The average Bonchev–Trinajstić information content (AvgIpc) is 1.85. The van der Waals surface area contributed by atoms with Crippen molar-refractivity contribution in [2.45, 2.75) is 39.5 Å². The maximum Gasteiger partial charge on any atom is 0.133 e. The largest absolute Gasteiger partial charge is 0.300 e. The Kier molecular flexibility index (Phi) is 2.86. The molecular weight excluding hydrogens is 136 g/mol. The topological polar surface area (TPSA) is 17.1 Å². The van der Waals surface area contributed by atoms with Crippen molar-refractivity contribution in [2.24, 2.45) is 5.92 Å². The Bertz CT molecular complexity index is 175. The van der Waals surface area contributed by atoms with Gasteiger partial charge in [-0.15, -0.1) is 0 Å². The Morgan fingerprint density at radius 3 is 2.82 bits per heavy atom. The first kappa shape index (κ1) is 8.51. The Balaban J connectivity index is 2.46. The fourth-order valence-corrected chi connectivity index (χ4v) is 1.67. The van der Waals surface area contributed by atoms with Crippen LogP contribution >= 0.6 is 0 Å². The smallest absolute Gasteiger partial charge is 0.133 e. The summed E-state index contributed by atoms with van der Waals surface area (Å²) >= 11 is 0. The van der Waals surface area contributed by atoms with E-state index in [9.17, 15) is 4.79 Å². The van der Waals surface area contributed by atoms with Gasteiger partial charge in [0.1, 0.15) is 5.78 Å². The quantitative estimate of drug-likeness (QED) is 0.528. The highest BCUT2D eigenvalue weighted by Crippen LogP contribution is 2.23. The number of hydrogen-bond donors (Lipinski definition) is 0. The summed E-state index contributed by atoms with van der Waals surface area (Å²) in [6.07, 6.45) is 6.12. The molecule has 0 aliphatic heterocycles. The van der Waals surface area contributed by atoms with Crippen molar-refractivity contribution in [2.75, 3.05) is 0 Å². The van der Waals surface area contributed by atoms with E-state index in [2.05, 4.69) is 19.9 Å². The van der Waals surface area contributed by atoms with Crippen molar-refractivity contribution in [3.05, 3.63) is 11.6 Å². The fraction of sp³-hybridized carbons (Fsp3) is 0.700. The van der Waals surface area contributed by atoms with Crippen molar-refractivity contribution in [1.82, 2.24) is 0 Å². The second kappa shape index (κ2) is 3.70. The van der Waals surface area contributed by atoms with Gasteiger partial charge < -0.3 is 0 Å². The summed E-state index contributed by atoms with van der Waals surface area (Å²) in [5.74, 6) is 0.986. The Hall–Kier alpha value is -0.590. The van der Waals surface area contributed by atoms with E-state index in [1.54, 1.807) is 0 Å². The van der Waals surface area contributed by atoms with Gasteiger partial charge in [-0.3, -0.25) is 4.79 Å². The Labute approximate surface area is 68.5 Å². The normalized spacial score (nSPS) is 24.9. The lowest BCUT2D eigenvalue weighted by Gasteiger charge is -2.17. The van der Waals surface area contributed by atoms with E-state index < -0.39 is 0 Å². The minimum absolute atomic E-state index is 0.443. The molecule has 0 bridgehead atoms. The predicted octanol–water partition coefficient (Wildman–Crippen LogP) is 2.71. The molecule has 0 heterocycles. The number of carbonyl (C=O) groups is 1. The molecule has 1 fully saturated rings. The zero-order chi connectivity index (χ0) is 8.27. The molecule has 0 N–H and O–H groups in total. The number of rotatable bonds is 1. The van der Waals surface area contributed by atoms with Crippen LogP contribution in [0.4, 0.5) is 0 Å². The Morgan fingerprint density at radius 1 is 1.55 bits per heavy atom. The van der Waals surface area contributed by atoms with Crippen LogP contribution in [-0.4, -0.2) is 5.78 Å². The summed E-state index contributed by atoms with van der Waals surface area (Å²) in [5.41, 5.74) is 1.34. The van der Waals surface area contributed by atoms with Gasteiger partial charge in [0.05, 0.1) is 0 Å². The predicted molar refractivity (Wildman–Crippen MR) is 46.4 cm³/mol. The van der Waals surface area contributed by atoms with Crippen LogP contribution in [0, 0.1) is 5.92 Å². The van der Waals surface area contributed by atoms with Gasteiger partial charge in [0.25, 0.3) is 0 Å². The first-order valence-electron chi connectivity index (χ1n) is 4.35. The zero-order valence-corrected chi connectivity index (χ0v) is 7.39. The molecule has 0 radical (unpaired) electrons. The fourth-order valence-electron chi connectivity index (χ4n) is 1.67. The molecule has 0 spiro atoms. The van der Waals surface area contributed by atoms with Crippen LogP contribution in [0.25, 0.3) is 0 Å². The second-order valence-corrected chi connectivity index (χ2v) is 3.64. The first-order valence-corrected chi connectivity index (χ1v) is 4.35. The summed E-state index contributed by atoms with van der Waals surface area (Å²) in [6.45, 7) is 4.19. The highest BCUT2D eigenvalue weighted by molar-refractivity contribution is 5.79. The molecule has 1 nitrogen and oxygen atoms in total. The molecule has 0 saturated heterocycles. The average molecular weight is 152 g/mol. The lowest BCUT2D eigenvalue weighted by molar-refractivity contribution is -0.121. The molecule has 1 rings (SSSR count). The van der Waals surface area contributed by atoms with Gasteiger partial charge in [-0.2, -0.15) is 0 Å². The summed E-state index contributed by atoms with van der Waals surface area (Å²) in [5, 5.41) is 0. The van der Waals surface area contributed by atoms with E-state index in [-0.39, 0.29) is 0 Å². The van der Waals surface area contributed by atoms with E-state index in [1.807, 2.05) is 0 Å². The van der Waals surface area contributed by atoms with Crippen LogP contribution in [0.2, 0.25) is 0 Å². The van der Waals surface area contributed by atoms with Crippen LogP contribution in [0.15, 0.2) is 11.6 Å².